The van der Waals surface area contributed by atoms with Gasteiger partial charge in [0.2, 0.25) is 0 Å². The van der Waals surface area contributed by atoms with Crippen LogP contribution in [0.15, 0.2) is 36.4 Å². The Morgan fingerprint density at radius 1 is 1.16 bits per heavy atom. The van der Waals surface area contributed by atoms with Crippen molar-refractivity contribution >= 4 is 5.78 Å². The maximum absolute atomic E-state index is 12.8. The normalized spacial score (nSPS) is 16.8. The molecule has 1 N–H and O–H groups in total. The third-order valence-electron chi connectivity index (χ3n) is 5.59. The number of nitrogens with one attached hydrogen (secondary N) is 1. The second-order valence-corrected chi connectivity index (χ2v) is 7.38. The number of nitrogens with zero attached hydrogens (tertiary/aromatic N) is 1. The first-order valence-corrected chi connectivity index (χ1v) is 9.58. The molecule has 1 atom stereocenters. The molecule has 1 fully saturated rings. The van der Waals surface area contributed by atoms with Crippen LogP contribution in [0, 0.1) is 13.8 Å². The van der Waals surface area contributed by atoms with Crippen LogP contribution >= 0.6 is 0 Å². The number of hydrogen-bond acceptors (Lipinski definition) is 2. The fourth-order valence-corrected chi connectivity index (χ4v) is 4.16. The van der Waals surface area contributed by atoms with Crippen LogP contribution in [0.4, 0.5) is 0 Å². The first kappa shape index (κ1) is 17.9. The minimum atomic E-state index is 0.173. The largest absolute Gasteiger partial charge is 0.345 e. The topological polar surface area (TPSA) is 34.0 Å². The molecule has 0 amide bonds. The number of aromatic nitrogens is 1. The van der Waals surface area contributed by atoms with Gasteiger partial charge in [-0.15, -0.1) is 0 Å². The van der Waals surface area contributed by atoms with Gasteiger partial charge in [0.05, 0.1) is 6.54 Å². The maximum Gasteiger partial charge on any atom is 0.178 e. The average molecular weight is 338 g/mol. The zero-order valence-corrected chi connectivity index (χ0v) is 15.7. The second-order valence-electron chi connectivity index (χ2n) is 7.38. The average Bonchev–Trinajstić information content (AvgIpc) is 2.95. The van der Waals surface area contributed by atoms with Gasteiger partial charge < -0.3 is 9.88 Å². The highest BCUT2D eigenvalue weighted by Crippen LogP contribution is 2.32. The molecule has 0 radical (unpaired) electrons. The van der Waals surface area contributed by atoms with Gasteiger partial charge in [0.1, 0.15) is 0 Å². The predicted octanol–water partition coefficient (Wildman–Crippen LogP) is 5.14. The first-order chi connectivity index (χ1) is 12.1. The standard InChI is InChI=1S/C22H30N2O/c1-16-14-21(18(3)24(16)20-12-8-5-9-13-20)22(25)15-23-17(2)19-10-6-4-7-11-19/h4,6-7,10-11,14,17,20,23H,5,8-9,12-13,15H2,1-3H3. The van der Waals surface area contributed by atoms with E-state index in [1.807, 2.05) is 18.2 Å². The molecule has 1 unspecified atom stereocenters. The minimum Gasteiger partial charge on any atom is -0.345 e. The summed E-state index contributed by atoms with van der Waals surface area (Å²) in [5.41, 5.74) is 4.46. The molecule has 3 rings (SSSR count). The molecule has 1 aromatic heterocycles. The molecule has 134 valence electrons. The quantitative estimate of drug-likeness (QED) is 0.740. The van der Waals surface area contributed by atoms with Gasteiger partial charge in [0.25, 0.3) is 0 Å². The fraction of sp³-hybridized carbons (Fsp3) is 0.500. The van der Waals surface area contributed by atoms with Gasteiger partial charge >= 0.3 is 0 Å². The highest BCUT2D eigenvalue weighted by Gasteiger charge is 2.22. The van der Waals surface area contributed by atoms with Gasteiger partial charge in [-0.05, 0) is 45.2 Å². The summed E-state index contributed by atoms with van der Waals surface area (Å²) < 4.78 is 2.41. The van der Waals surface area contributed by atoms with Crippen molar-refractivity contribution in [2.24, 2.45) is 0 Å². The van der Waals surface area contributed by atoms with Gasteiger partial charge in [0, 0.05) is 29.0 Å². The number of benzene rings is 1. The lowest BCUT2D eigenvalue weighted by atomic mass is 9.95. The number of carbonyl (C=O) groups is 1. The van der Waals surface area contributed by atoms with Gasteiger partial charge in [-0.2, -0.15) is 0 Å². The van der Waals surface area contributed by atoms with E-state index < -0.39 is 0 Å². The Hall–Kier alpha value is -1.87. The molecule has 1 aliphatic rings. The molecular weight excluding hydrogens is 308 g/mol. The fourth-order valence-electron chi connectivity index (χ4n) is 4.16. The Labute approximate surface area is 151 Å². The minimum absolute atomic E-state index is 0.173. The molecule has 0 saturated heterocycles. The van der Waals surface area contributed by atoms with E-state index in [2.05, 4.69) is 48.9 Å². The Balaban J connectivity index is 1.68. The number of hydrogen-bond donors (Lipinski definition) is 1. The SMILES string of the molecule is Cc1cc(C(=O)CNC(C)c2ccccc2)c(C)n1C1CCCCC1. The molecule has 1 aliphatic carbocycles. The molecule has 1 heterocycles. The van der Waals surface area contributed by atoms with Crippen molar-refractivity contribution < 1.29 is 4.79 Å². The van der Waals surface area contributed by atoms with Crippen LogP contribution in [0.3, 0.4) is 0 Å². The van der Waals surface area contributed by atoms with E-state index in [1.165, 1.54) is 43.4 Å². The van der Waals surface area contributed by atoms with Crippen LogP contribution in [-0.2, 0) is 0 Å². The van der Waals surface area contributed by atoms with Crippen molar-refractivity contribution in [2.75, 3.05) is 6.54 Å². The molecule has 1 saturated carbocycles. The van der Waals surface area contributed by atoms with Crippen LogP contribution in [0.25, 0.3) is 0 Å². The molecule has 25 heavy (non-hydrogen) atoms. The van der Waals surface area contributed by atoms with E-state index in [0.29, 0.717) is 12.6 Å². The van der Waals surface area contributed by atoms with E-state index in [0.717, 1.165) is 11.3 Å². The summed E-state index contributed by atoms with van der Waals surface area (Å²) in [5, 5.41) is 3.37. The number of Topliss-reactive ketones (excluding diaryl/α,β-unsaturated/α-hetero) is 1. The Bertz CT molecular complexity index is 711. The monoisotopic (exact) mass is 338 g/mol. The van der Waals surface area contributed by atoms with Crippen molar-refractivity contribution in [1.82, 2.24) is 9.88 Å². The maximum atomic E-state index is 12.8. The summed E-state index contributed by atoms with van der Waals surface area (Å²) in [7, 11) is 0. The number of rotatable bonds is 6. The Morgan fingerprint density at radius 3 is 2.52 bits per heavy atom. The zero-order chi connectivity index (χ0) is 17.8. The predicted molar refractivity (Wildman–Crippen MR) is 103 cm³/mol. The lowest BCUT2D eigenvalue weighted by Crippen LogP contribution is -2.26. The summed E-state index contributed by atoms with van der Waals surface area (Å²) in [6, 6.07) is 13.1. The van der Waals surface area contributed by atoms with Gasteiger partial charge in [-0.25, -0.2) is 0 Å². The molecular formula is C22H30N2O. The summed E-state index contributed by atoms with van der Waals surface area (Å²) in [6.07, 6.45) is 6.45. The zero-order valence-electron chi connectivity index (χ0n) is 15.7. The third kappa shape index (κ3) is 4.04. The third-order valence-corrected chi connectivity index (χ3v) is 5.59. The summed E-state index contributed by atoms with van der Waals surface area (Å²) >= 11 is 0. The first-order valence-electron chi connectivity index (χ1n) is 9.58. The van der Waals surface area contributed by atoms with Crippen molar-refractivity contribution in [3.63, 3.8) is 0 Å². The van der Waals surface area contributed by atoms with Crippen molar-refractivity contribution in [2.45, 2.75) is 65.0 Å². The molecule has 3 nitrogen and oxygen atoms in total. The van der Waals surface area contributed by atoms with Crippen LogP contribution in [0.2, 0.25) is 0 Å². The highest BCUT2D eigenvalue weighted by molar-refractivity contribution is 5.99. The Kier molecular flexibility index (Phi) is 5.74. The van der Waals surface area contributed by atoms with Gasteiger partial charge in [-0.1, -0.05) is 49.6 Å². The van der Waals surface area contributed by atoms with Crippen molar-refractivity contribution in [1.29, 1.82) is 0 Å². The lowest BCUT2D eigenvalue weighted by molar-refractivity contribution is 0.0987. The van der Waals surface area contributed by atoms with E-state index in [-0.39, 0.29) is 11.8 Å². The molecule has 0 spiro atoms. The lowest BCUT2D eigenvalue weighted by Gasteiger charge is -2.26. The number of aryl methyl sites for hydroxylation is 1. The van der Waals surface area contributed by atoms with Gasteiger partial charge in [-0.3, -0.25) is 4.79 Å². The molecule has 1 aromatic carbocycles. The molecule has 0 aliphatic heterocycles. The van der Waals surface area contributed by atoms with E-state index in [9.17, 15) is 4.79 Å². The summed E-state index contributed by atoms with van der Waals surface area (Å²) in [6.45, 7) is 6.73. The molecule has 2 aromatic rings. The van der Waals surface area contributed by atoms with Gasteiger partial charge in [0.15, 0.2) is 5.78 Å². The highest BCUT2D eigenvalue weighted by atomic mass is 16.1. The second kappa shape index (κ2) is 8.01. The van der Waals surface area contributed by atoms with Crippen molar-refractivity contribution in [3.8, 4) is 0 Å². The van der Waals surface area contributed by atoms with Crippen LogP contribution in [0.5, 0.6) is 0 Å². The number of carbonyl (C=O) groups excluding carboxylic acids is 1. The van der Waals surface area contributed by atoms with E-state index in [4.69, 9.17) is 0 Å². The van der Waals surface area contributed by atoms with Crippen LogP contribution in [-0.4, -0.2) is 16.9 Å². The molecule has 0 bridgehead atoms. The summed E-state index contributed by atoms with van der Waals surface area (Å²) in [4.78, 5) is 12.8. The Morgan fingerprint density at radius 2 is 1.84 bits per heavy atom. The number of ketones is 1. The van der Waals surface area contributed by atoms with Crippen molar-refractivity contribution in [3.05, 3.63) is 58.9 Å². The van der Waals surface area contributed by atoms with Crippen LogP contribution in [0.1, 0.15) is 78.4 Å². The van der Waals surface area contributed by atoms with Crippen LogP contribution < -0.4 is 5.32 Å². The van der Waals surface area contributed by atoms with E-state index >= 15 is 0 Å². The smallest absolute Gasteiger partial charge is 0.178 e. The molecule has 3 heteroatoms. The van der Waals surface area contributed by atoms with E-state index in [1.54, 1.807) is 0 Å². The summed E-state index contributed by atoms with van der Waals surface area (Å²) in [5.74, 6) is 0.193.